The molecule has 2 aromatic carbocycles. The lowest BCUT2D eigenvalue weighted by Gasteiger charge is -2.32. The van der Waals surface area contributed by atoms with Crippen molar-refractivity contribution in [2.24, 2.45) is 0 Å². The Bertz CT molecular complexity index is 1250. The number of halogens is 3. The van der Waals surface area contributed by atoms with Crippen molar-refractivity contribution in [3.63, 3.8) is 0 Å². The number of carbonyl (C=O) groups is 2. The molecule has 0 bridgehead atoms. The van der Waals surface area contributed by atoms with Crippen LogP contribution in [0.15, 0.2) is 36.4 Å². The second kappa shape index (κ2) is 12.7. The van der Waals surface area contributed by atoms with Crippen molar-refractivity contribution < 1.29 is 18.0 Å². The third-order valence-electron chi connectivity index (χ3n) is 5.68. The van der Waals surface area contributed by atoms with Crippen LogP contribution in [0.4, 0.5) is 5.69 Å². The molecule has 0 aromatic heterocycles. The molecule has 1 N–H and O–H groups in total. The molecule has 1 atom stereocenters. The third kappa shape index (κ3) is 9.06. The Morgan fingerprint density at radius 1 is 1.05 bits per heavy atom. The first-order valence-electron chi connectivity index (χ1n) is 11.8. The average Bonchev–Trinajstić information content (AvgIpc) is 2.76. The Balaban J connectivity index is 2.26. The number of carbonyl (C=O) groups excluding carboxylic acids is 2. The molecule has 2 aromatic rings. The molecule has 7 nitrogen and oxygen atoms in total. The number of anilines is 1. The lowest BCUT2D eigenvalue weighted by atomic mass is 10.1. The first kappa shape index (κ1) is 31.2. The third-order valence-corrected chi connectivity index (χ3v) is 7.86. The molecule has 0 aliphatic rings. The summed E-state index contributed by atoms with van der Waals surface area (Å²) in [5, 5.41) is 4.20. The molecular formula is C26H34Cl3N3O4S. The van der Waals surface area contributed by atoms with E-state index in [4.69, 9.17) is 34.8 Å². The Labute approximate surface area is 235 Å². The highest BCUT2D eigenvalue weighted by molar-refractivity contribution is 7.92. The highest BCUT2D eigenvalue weighted by atomic mass is 35.5. The molecule has 2 amide bonds. The van der Waals surface area contributed by atoms with Crippen LogP contribution in [0.1, 0.15) is 51.7 Å². The van der Waals surface area contributed by atoms with Gasteiger partial charge in [-0.2, -0.15) is 0 Å². The first-order valence-corrected chi connectivity index (χ1v) is 14.8. The van der Waals surface area contributed by atoms with E-state index in [1.807, 2.05) is 20.8 Å². The predicted molar refractivity (Wildman–Crippen MR) is 152 cm³/mol. The van der Waals surface area contributed by atoms with Crippen molar-refractivity contribution in [1.82, 2.24) is 10.2 Å². The Kier molecular flexibility index (Phi) is 10.7. The maximum atomic E-state index is 13.4. The van der Waals surface area contributed by atoms with Gasteiger partial charge in [-0.1, -0.05) is 46.9 Å². The molecule has 0 aliphatic carbocycles. The number of nitrogens with zero attached hydrogens (tertiary/aromatic N) is 2. The van der Waals surface area contributed by atoms with E-state index in [9.17, 15) is 18.0 Å². The standard InChI is InChI=1S/C26H34Cl3N3O4S/c1-17-21(28)9-7-10-23(17)32(37(6,35)36)14-8-11-24(33)31(18(2)25(34)30-26(3,4)5)16-19-12-13-20(27)15-22(19)29/h7,9-10,12-13,15,18H,8,11,14,16H2,1-6H3,(H,30,34). The van der Waals surface area contributed by atoms with Gasteiger partial charge in [-0.25, -0.2) is 8.42 Å². The molecule has 0 radical (unpaired) electrons. The topological polar surface area (TPSA) is 86.8 Å². The van der Waals surface area contributed by atoms with Crippen molar-refractivity contribution in [2.45, 2.75) is 65.6 Å². The van der Waals surface area contributed by atoms with Gasteiger partial charge in [0.25, 0.3) is 0 Å². The minimum atomic E-state index is -3.63. The van der Waals surface area contributed by atoms with Crippen LogP contribution >= 0.6 is 34.8 Å². The van der Waals surface area contributed by atoms with Gasteiger partial charge in [-0.3, -0.25) is 13.9 Å². The van der Waals surface area contributed by atoms with E-state index < -0.39 is 21.6 Å². The fraction of sp³-hybridized carbons (Fsp3) is 0.462. The van der Waals surface area contributed by atoms with Crippen LogP contribution < -0.4 is 9.62 Å². The van der Waals surface area contributed by atoms with Crippen LogP contribution in [0.2, 0.25) is 15.1 Å². The largest absolute Gasteiger partial charge is 0.350 e. The number of amides is 2. The van der Waals surface area contributed by atoms with Gasteiger partial charge in [0, 0.05) is 40.1 Å². The number of sulfonamides is 1. The van der Waals surface area contributed by atoms with Crippen LogP contribution in [0.3, 0.4) is 0 Å². The van der Waals surface area contributed by atoms with E-state index in [-0.39, 0.29) is 37.7 Å². The van der Waals surface area contributed by atoms with E-state index in [2.05, 4.69) is 5.32 Å². The van der Waals surface area contributed by atoms with E-state index in [1.165, 1.54) is 9.21 Å². The van der Waals surface area contributed by atoms with Crippen LogP contribution in [0.25, 0.3) is 0 Å². The molecule has 0 aliphatic heterocycles. The second-order valence-corrected chi connectivity index (χ2v) is 13.2. The van der Waals surface area contributed by atoms with Gasteiger partial charge in [0.2, 0.25) is 21.8 Å². The molecule has 0 spiro atoms. The number of nitrogens with one attached hydrogen (secondary N) is 1. The number of hydrogen-bond acceptors (Lipinski definition) is 4. The summed E-state index contributed by atoms with van der Waals surface area (Å²) in [6.45, 7) is 9.14. The van der Waals surface area contributed by atoms with Crippen molar-refractivity contribution in [2.75, 3.05) is 17.1 Å². The van der Waals surface area contributed by atoms with Gasteiger partial charge in [0.1, 0.15) is 6.04 Å². The quantitative estimate of drug-likeness (QED) is 0.377. The van der Waals surface area contributed by atoms with Crippen LogP contribution in [0, 0.1) is 6.92 Å². The molecule has 204 valence electrons. The van der Waals surface area contributed by atoms with Gasteiger partial charge in [-0.05, 0) is 76.4 Å². The monoisotopic (exact) mass is 589 g/mol. The SMILES string of the molecule is Cc1c(Cl)cccc1N(CCCC(=O)N(Cc1ccc(Cl)cc1Cl)C(C)C(=O)NC(C)(C)C)S(C)(=O)=O. The molecule has 2 rings (SSSR count). The summed E-state index contributed by atoms with van der Waals surface area (Å²) in [7, 11) is -3.63. The smallest absolute Gasteiger partial charge is 0.242 e. The fourth-order valence-electron chi connectivity index (χ4n) is 3.74. The van der Waals surface area contributed by atoms with Crippen LogP contribution in [-0.4, -0.2) is 49.5 Å². The molecule has 11 heteroatoms. The number of rotatable bonds is 10. The molecule has 0 heterocycles. The number of benzene rings is 2. The van der Waals surface area contributed by atoms with Crippen molar-refractivity contribution >= 4 is 62.3 Å². The summed E-state index contributed by atoms with van der Waals surface area (Å²) in [5.41, 5.74) is 1.25. The van der Waals surface area contributed by atoms with Gasteiger partial charge in [0.15, 0.2) is 0 Å². The van der Waals surface area contributed by atoms with Crippen LogP contribution in [-0.2, 0) is 26.2 Å². The first-order chi connectivity index (χ1) is 17.0. The predicted octanol–water partition coefficient (Wildman–Crippen LogP) is 5.83. The highest BCUT2D eigenvalue weighted by Crippen LogP contribution is 2.29. The summed E-state index contributed by atoms with van der Waals surface area (Å²) < 4.78 is 26.3. The second-order valence-electron chi connectivity index (χ2n) is 10.00. The minimum absolute atomic E-state index is 0.0178. The maximum Gasteiger partial charge on any atom is 0.242 e. The van der Waals surface area contributed by atoms with Crippen molar-refractivity contribution in [1.29, 1.82) is 0 Å². The zero-order valence-corrected chi connectivity index (χ0v) is 25.0. The zero-order chi connectivity index (χ0) is 28.1. The van der Waals surface area contributed by atoms with Gasteiger partial charge >= 0.3 is 0 Å². The molecule has 0 fully saturated rings. The van der Waals surface area contributed by atoms with E-state index in [0.29, 0.717) is 31.9 Å². The van der Waals surface area contributed by atoms with Crippen LogP contribution in [0.5, 0.6) is 0 Å². The highest BCUT2D eigenvalue weighted by Gasteiger charge is 2.29. The van der Waals surface area contributed by atoms with Crippen molar-refractivity contribution in [3.05, 3.63) is 62.6 Å². The Morgan fingerprint density at radius 3 is 2.27 bits per heavy atom. The Morgan fingerprint density at radius 2 is 1.70 bits per heavy atom. The van der Waals surface area contributed by atoms with E-state index in [0.717, 1.165) is 6.26 Å². The Hall–Kier alpha value is -2.00. The molecule has 0 saturated carbocycles. The average molecular weight is 591 g/mol. The zero-order valence-electron chi connectivity index (χ0n) is 21.9. The van der Waals surface area contributed by atoms with E-state index >= 15 is 0 Å². The lowest BCUT2D eigenvalue weighted by Crippen LogP contribution is -2.52. The summed E-state index contributed by atoms with van der Waals surface area (Å²) in [5.74, 6) is -0.614. The summed E-state index contributed by atoms with van der Waals surface area (Å²) in [4.78, 5) is 27.8. The molecular weight excluding hydrogens is 557 g/mol. The van der Waals surface area contributed by atoms with Gasteiger partial charge in [-0.15, -0.1) is 0 Å². The molecule has 1 unspecified atom stereocenters. The summed E-state index contributed by atoms with van der Waals surface area (Å²) in [6, 6.07) is 9.22. The fourth-order valence-corrected chi connectivity index (χ4v) is 5.39. The van der Waals surface area contributed by atoms with Gasteiger partial charge in [0.05, 0.1) is 11.9 Å². The van der Waals surface area contributed by atoms with Gasteiger partial charge < -0.3 is 10.2 Å². The molecule has 37 heavy (non-hydrogen) atoms. The number of hydrogen-bond donors (Lipinski definition) is 1. The van der Waals surface area contributed by atoms with Crippen molar-refractivity contribution in [3.8, 4) is 0 Å². The minimum Gasteiger partial charge on any atom is -0.350 e. The summed E-state index contributed by atoms with van der Waals surface area (Å²) in [6.07, 6.45) is 1.36. The van der Waals surface area contributed by atoms with E-state index in [1.54, 1.807) is 50.2 Å². The summed E-state index contributed by atoms with van der Waals surface area (Å²) >= 11 is 18.6. The normalized spacial score (nSPS) is 12.7. The lowest BCUT2D eigenvalue weighted by molar-refractivity contribution is -0.141. The molecule has 0 saturated heterocycles. The maximum absolute atomic E-state index is 13.4.